The van der Waals surface area contributed by atoms with Crippen molar-refractivity contribution in [3.63, 3.8) is 0 Å². The number of aromatic amines is 1. The van der Waals surface area contributed by atoms with Crippen LogP contribution in [0.15, 0.2) is 12.5 Å². The number of aromatic nitrogens is 2. The molecule has 10 nitrogen and oxygen atoms in total. The van der Waals surface area contributed by atoms with Crippen molar-refractivity contribution in [1.82, 2.24) is 9.97 Å². The normalized spacial score (nSPS) is 11.5. The van der Waals surface area contributed by atoms with Gasteiger partial charge in [-0.05, 0) is 0 Å². The van der Waals surface area contributed by atoms with Crippen LogP contribution in [0.4, 0.5) is 0 Å². The fraction of sp³-hybridized carbons (Fsp3) is 0.400. The van der Waals surface area contributed by atoms with E-state index in [1.165, 1.54) is 6.33 Å². The van der Waals surface area contributed by atoms with E-state index in [2.05, 4.69) is 9.97 Å². The second-order valence-electron chi connectivity index (χ2n) is 3.68. The number of nitrogens with zero attached hydrogens (tertiary/aromatic N) is 1. The number of aliphatic carboxylic acids is 3. The number of rotatable bonds is 6. The van der Waals surface area contributed by atoms with Gasteiger partial charge in [-0.1, -0.05) is 0 Å². The van der Waals surface area contributed by atoms with Crippen LogP contribution in [-0.2, 0) is 54.9 Å². The number of aliphatic hydroxyl groups is 1. The Labute approximate surface area is 146 Å². The Morgan fingerprint density at radius 1 is 1.18 bits per heavy atom. The Morgan fingerprint density at radius 2 is 1.73 bits per heavy atom. The third kappa shape index (κ3) is 12.3. The molecule has 0 bridgehead atoms. The Hall–Kier alpha value is -1.42. The van der Waals surface area contributed by atoms with Crippen LogP contribution in [-0.4, -0.2) is 60.4 Å². The maximum absolute atomic E-state index is 10.3. The molecule has 1 heterocycles. The molecule has 1 rings (SSSR count). The van der Waals surface area contributed by atoms with Gasteiger partial charge in [0, 0.05) is 52.4 Å². The number of aliphatic hydroxyl groups excluding tert-OH is 1. The van der Waals surface area contributed by atoms with E-state index in [1.807, 2.05) is 0 Å². The average Bonchev–Trinajstić information content (AvgIpc) is 2.81. The summed E-state index contributed by atoms with van der Waals surface area (Å²) in [6.45, 7) is 0. The molecule has 0 amide bonds. The van der Waals surface area contributed by atoms with Crippen LogP contribution < -0.4 is 5.73 Å². The largest absolute Gasteiger partial charge is 0.481 e. The quantitative estimate of drug-likeness (QED) is 0.301. The van der Waals surface area contributed by atoms with Crippen LogP contribution in [0.5, 0.6) is 0 Å². The molecule has 1 aromatic heterocycles. The molecule has 2 unspecified atom stereocenters. The van der Waals surface area contributed by atoms with Crippen molar-refractivity contribution in [2.75, 3.05) is 0 Å². The number of imidazole rings is 1. The smallest absolute Gasteiger partial charge is 0.333 e. The van der Waals surface area contributed by atoms with Crippen molar-refractivity contribution in [3.8, 4) is 0 Å². The summed E-state index contributed by atoms with van der Waals surface area (Å²) in [7, 11) is 0. The predicted molar refractivity (Wildman–Crippen MR) is 63.8 cm³/mol. The molecule has 128 valence electrons. The summed E-state index contributed by atoms with van der Waals surface area (Å²) in [5.74, 6) is -3.85. The van der Waals surface area contributed by atoms with E-state index in [-0.39, 0.29) is 40.6 Å². The van der Waals surface area contributed by atoms with Crippen molar-refractivity contribution >= 4 is 17.9 Å². The zero-order valence-corrected chi connectivity index (χ0v) is 13.2. The number of carboxylic acid groups (broad SMARTS) is 3. The number of hydrogen-bond donors (Lipinski definition) is 6. The van der Waals surface area contributed by atoms with E-state index < -0.39 is 36.5 Å². The second-order valence-corrected chi connectivity index (χ2v) is 3.68. The minimum Gasteiger partial charge on any atom is -0.481 e. The Balaban J connectivity index is -0.000000307. The summed E-state index contributed by atoms with van der Waals surface area (Å²) < 4.78 is 0. The van der Waals surface area contributed by atoms with E-state index in [9.17, 15) is 14.4 Å². The molecule has 0 spiro atoms. The van der Waals surface area contributed by atoms with Gasteiger partial charge in [-0.15, -0.1) is 0 Å². The van der Waals surface area contributed by atoms with Crippen molar-refractivity contribution < 1.29 is 68.9 Å². The van der Waals surface area contributed by atoms with Gasteiger partial charge in [-0.25, -0.2) is 9.78 Å². The maximum atomic E-state index is 10.3. The molecule has 22 heavy (non-hydrogen) atoms. The van der Waals surface area contributed by atoms with Crippen LogP contribution in [0.25, 0.3) is 0 Å². The summed E-state index contributed by atoms with van der Waals surface area (Å²) in [5, 5.41) is 32.6. The van der Waals surface area contributed by atoms with Gasteiger partial charge in [0.1, 0.15) is 6.04 Å². The van der Waals surface area contributed by atoms with Crippen LogP contribution in [0.1, 0.15) is 12.1 Å². The summed E-state index contributed by atoms with van der Waals surface area (Å²) in [6, 6.07) is -0.851. The summed E-state index contributed by atoms with van der Waals surface area (Å²) in [5.41, 5.74) is 6.00. The minimum absolute atomic E-state index is 0. The molecule has 0 fully saturated rings. The van der Waals surface area contributed by atoms with E-state index in [0.29, 0.717) is 0 Å². The van der Waals surface area contributed by atoms with Crippen LogP contribution in [0.2, 0.25) is 0 Å². The fourth-order valence-electron chi connectivity index (χ4n) is 0.973. The molecule has 0 aliphatic heterocycles. The predicted octanol–water partition coefficient (Wildman–Crippen LogP) is -1.73. The standard InChI is InChI=1S/C6H9N3O2.C4H6O5.2Fe/c7-5(6(10)11)1-4-2-8-3-9-4;5-2(4(8)9)1-3(6)7;;/h2-3,5H,1,7H2,(H,8,9)(H,10,11);2,5H,1H2,(H,6,7)(H,8,9);;. The topological polar surface area (TPSA) is 187 Å². The summed E-state index contributed by atoms with van der Waals surface area (Å²) >= 11 is 0. The second kappa shape index (κ2) is 13.3. The van der Waals surface area contributed by atoms with Crippen molar-refractivity contribution in [2.45, 2.75) is 25.0 Å². The molecule has 0 aliphatic rings. The van der Waals surface area contributed by atoms with Gasteiger partial charge in [-0.2, -0.15) is 0 Å². The number of H-pyrrole nitrogens is 1. The number of hydrogen-bond acceptors (Lipinski definition) is 6. The average molecular weight is 401 g/mol. The molecule has 7 N–H and O–H groups in total. The van der Waals surface area contributed by atoms with Gasteiger partial charge < -0.3 is 31.1 Å². The van der Waals surface area contributed by atoms with Crippen LogP contribution in [0.3, 0.4) is 0 Å². The van der Waals surface area contributed by atoms with Gasteiger partial charge in [0.2, 0.25) is 0 Å². The van der Waals surface area contributed by atoms with Gasteiger partial charge in [-0.3, -0.25) is 9.59 Å². The van der Waals surface area contributed by atoms with Gasteiger partial charge >= 0.3 is 17.9 Å². The summed E-state index contributed by atoms with van der Waals surface area (Å²) in [6.07, 6.45) is 0.791. The Bertz CT molecular complexity index is 455. The van der Waals surface area contributed by atoms with Crippen LogP contribution >= 0.6 is 0 Å². The number of carbonyl (C=O) groups is 3. The molecule has 1 aromatic rings. The number of nitrogens with one attached hydrogen (secondary N) is 1. The molecular weight excluding hydrogens is 386 g/mol. The first kappa shape index (κ1) is 25.5. The first-order valence-electron chi connectivity index (χ1n) is 5.32. The van der Waals surface area contributed by atoms with Gasteiger partial charge in [0.15, 0.2) is 6.10 Å². The van der Waals surface area contributed by atoms with E-state index in [0.717, 1.165) is 5.69 Å². The molecule has 0 radical (unpaired) electrons. The van der Waals surface area contributed by atoms with E-state index in [1.54, 1.807) is 6.20 Å². The first-order chi connectivity index (χ1) is 9.23. The van der Waals surface area contributed by atoms with E-state index in [4.69, 9.17) is 26.2 Å². The fourth-order valence-corrected chi connectivity index (χ4v) is 0.973. The molecule has 0 saturated heterocycles. The number of nitrogens with two attached hydrogens (primary N) is 1. The molecule has 2 atom stereocenters. The van der Waals surface area contributed by atoms with Crippen molar-refractivity contribution in [1.29, 1.82) is 0 Å². The molecule has 12 heteroatoms. The zero-order valence-electron chi connectivity index (χ0n) is 11.0. The van der Waals surface area contributed by atoms with Crippen molar-refractivity contribution in [3.05, 3.63) is 18.2 Å². The first-order valence-corrected chi connectivity index (χ1v) is 5.32. The molecule has 0 saturated carbocycles. The zero-order chi connectivity index (χ0) is 15.7. The third-order valence-electron chi connectivity index (χ3n) is 1.96. The monoisotopic (exact) mass is 401 g/mol. The third-order valence-corrected chi connectivity index (χ3v) is 1.96. The van der Waals surface area contributed by atoms with Gasteiger partial charge in [0.05, 0.1) is 12.7 Å². The molecular formula is C10H15Fe2N3O7. The maximum Gasteiger partial charge on any atom is 0.333 e. The minimum atomic E-state index is -1.79. The molecule has 0 aliphatic carbocycles. The summed E-state index contributed by atoms with van der Waals surface area (Å²) in [4.78, 5) is 36.2. The van der Waals surface area contributed by atoms with Crippen LogP contribution in [0, 0.1) is 0 Å². The van der Waals surface area contributed by atoms with Crippen molar-refractivity contribution in [2.24, 2.45) is 5.73 Å². The van der Waals surface area contributed by atoms with Gasteiger partial charge in [0.25, 0.3) is 0 Å². The van der Waals surface area contributed by atoms with E-state index >= 15 is 0 Å². The Kier molecular flexibility index (Phi) is 15.4. The molecule has 0 aromatic carbocycles. The Morgan fingerprint density at radius 3 is 2.00 bits per heavy atom. The SMILES string of the molecule is NC(Cc1cnc[nH]1)C(=O)O.O=C(O)CC(O)C(=O)O.[Fe].[Fe]. The number of carboxylic acids is 3.